The van der Waals surface area contributed by atoms with Gasteiger partial charge in [0, 0.05) is 11.4 Å². The molecule has 0 unspecified atom stereocenters. The van der Waals surface area contributed by atoms with Crippen molar-refractivity contribution in [2.75, 3.05) is 17.7 Å². The van der Waals surface area contributed by atoms with Crippen molar-refractivity contribution in [2.24, 2.45) is 0 Å². The van der Waals surface area contributed by atoms with E-state index in [1.165, 1.54) is 0 Å². The maximum atomic E-state index is 12.0. The molecule has 6 nitrogen and oxygen atoms in total. The van der Waals surface area contributed by atoms with Crippen molar-refractivity contribution < 1.29 is 9.53 Å². The molecule has 3 aromatic rings. The Morgan fingerprint density at radius 2 is 1.92 bits per heavy atom. The quantitative estimate of drug-likeness (QED) is 0.689. The van der Waals surface area contributed by atoms with Crippen LogP contribution in [-0.4, -0.2) is 23.0 Å². The Balaban J connectivity index is 1.68. The molecule has 0 fully saturated rings. The number of hydrogen-bond acceptors (Lipinski definition) is 4. The summed E-state index contributed by atoms with van der Waals surface area (Å²) in [5, 5.41) is 6.16. The summed E-state index contributed by atoms with van der Waals surface area (Å²) in [6.45, 7) is 3.85. The van der Waals surface area contributed by atoms with Crippen LogP contribution in [0.4, 0.5) is 17.3 Å². The first-order valence-electron chi connectivity index (χ1n) is 7.74. The fourth-order valence-corrected chi connectivity index (χ4v) is 2.95. The first kappa shape index (κ1) is 14.6. The number of amides is 1. The zero-order valence-corrected chi connectivity index (χ0v) is 13.7. The Kier molecular flexibility index (Phi) is 3.03. The van der Waals surface area contributed by atoms with Gasteiger partial charge in [-0.1, -0.05) is 0 Å². The highest BCUT2D eigenvalue weighted by atomic mass is 16.5. The summed E-state index contributed by atoms with van der Waals surface area (Å²) in [5.41, 5.74) is 3.91. The van der Waals surface area contributed by atoms with Crippen LogP contribution in [0, 0.1) is 0 Å². The molecule has 0 aliphatic carbocycles. The van der Waals surface area contributed by atoms with Crippen LogP contribution in [0.5, 0.6) is 5.75 Å². The molecule has 1 aliphatic heterocycles. The van der Waals surface area contributed by atoms with Crippen LogP contribution in [-0.2, 0) is 10.2 Å². The number of hydrogen-bond donors (Lipinski definition) is 3. The Hall–Kier alpha value is -3.02. The molecular weight excluding hydrogens is 304 g/mol. The van der Waals surface area contributed by atoms with Crippen molar-refractivity contribution in [1.29, 1.82) is 0 Å². The van der Waals surface area contributed by atoms with Crippen LogP contribution in [0.3, 0.4) is 0 Å². The third kappa shape index (κ3) is 2.19. The number of imidazole rings is 1. The van der Waals surface area contributed by atoms with Crippen LogP contribution in [0.1, 0.15) is 19.4 Å². The molecule has 6 heteroatoms. The molecule has 1 aliphatic rings. The lowest BCUT2D eigenvalue weighted by atomic mass is 9.86. The van der Waals surface area contributed by atoms with E-state index in [0.717, 1.165) is 33.7 Å². The minimum atomic E-state index is -0.530. The van der Waals surface area contributed by atoms with Crippen LogP contribution in [0.2, 0.25) is 0 Å². The van der Waals surface area contributed by atoms with Gasteiger partial charge < -0.3 is 20.4 Å². The lowest BCUT2D eigenvalue weighted by molar-refractivity contribution is -0.119. The number of carbonyl (C=O) groups is 1. The number of benzene rings is 2. The number of rotatable bonds is 3. The molecular formula is C18H18N4O2. The zero-order chi connectivity index (χ0) is 16.9. The van der Waals surface area contributed by atoms with Gasteiger partial charge in [0.05, 0.1) is 23.6 Å². The first-order valence-corrected chi connectivity index (χ1v) is 7.74. The largest absolute Gasteiger partial charge is 0.497 e. The van der Waals surface area contributed by atoms with E-state index >= 15 is 0 Å². The highest BCUT2D eigenvalue weighted by Crippen LogP contribution is 2.39. The summed E-state index contributed by atoms with van der Waals surface area (Å²) in [7, 11) is 1.64. The third-order valence-corrected chi connectivity index (χ3v) is 4.46. The predicted octanol–water partition coefficient (Wildman–Crippen LogP) is 3.54. The minimum absolute atomic E-state index is 0.0155. The molecule has 0 radical (unpaired) electrons. The number of aromatic amines is 1. The Bertz CT molecular complexity index is 942. The SMILES string of the molecule is COc1ccc(Nc2nc3cc4c(cc3[nH]2)C(C)(C)C(=O)N4)cc1. The zero-order valence-electron chi connectivity index (χ0n) is 13.7. The number of H-pyrrole nitrogens is 1. The molecule has 3 N–H and O–H groups in total. The van der Waals surface area contributed by atoms with Gasteiger partial charge in [0.15, 0.2) is 0 Å². The molecule has 0 saturated heterocycles. The van der Waals surface area contributed by atoms with Gasteiger partial charge in [-0.25, -0.2) is 4.98 Å². The molecule has 24 heavy (non-hydrogen) atoms. The van der Waals surface area contributed by atoms with Crippen molar-refractivity contribution in [1.82, 2.24) is 9.97 Å². The standard InChI is InChI=1S/C18H18N4O2/c1-18(2)12-8-14-15(9-13(12)20-16(18)23)22-17(21-14)19-10-4-6-11(24-3)7-5-10/h4-9H,1-3H3,(H,20,23)(H2,19,21,22). The number of aromatic nitrogens is 2. The monoisotopic (exact) mass is 322 g/mol. The van der Waals surface area contributed by atoms with E-state index in [4.69, 9.17) is 4.74 Å². The number of ether oxygens (including phenoxy) is 1. The molecule has 0 atom stereocenters. The van der Waals surface area contributed by atoms with Crippen molar-refractivity contribution in [3.63, 3.8) is 0 Å². The molecule has 0 saturated carbocycles. The van der Waals surface area contributed by atoms with E-state index in [2.05, 4.69) is 20.6 Å². The van der Waals surface area contributed by atoms with Gasteiger partial charge in [0.25, 0.3) is 0 Å². The average Bonchev–Trinajstić information content (AvgIpc) is 3.04. The molecule has 0 spiro atoms. The Labute approximate surface area is 139 Å². The molecule has 1 aromatic heterocycles. The smallest absolute Gasteiger partial charge is 0.234 e. The van der Waals surface area contributed by atoms with Gasteiger partial charge in [0.1, 0.15) is 5.75 Å². The maximum absolute atomic E-state index is 12.0. The molecule has 122 valence electrons. The fourth-order valence-electron chi connectivity index (χ4n) is 2.95. The van der Waals surface area contributed by atoms with E-state index in [1.807, 2.05) is 50.2 Å². The van der Waals surface area contributed by atoms with Gasteiger partial charge in [-0.05, 0) is 55.8 Å². The van der Waals surface area contributed by atoms with Gasteiger partial charge in [-0.15, -0.1) is 0 Å². The molecule has 1 amide bonds. The average molecular weight is 322 g/mol. The molecule has 0 bridgehead atoms. The summed E-state index contributed by atoms with van der Waals surface area (Å²) in [6, 6.07) is 11.5. The number of fused-ring (bicyclic) bond motifs is 2. The highest BCUT2D eigenvalue weighted by Gasteiger charge is 2.38. The molecule has 2 aromatic carbocycles. The second-order valence-electron chi connectivity index (χ2n) is 6.43. The Morgan fingerprint density at radius 3 is 2.62 bits per heavy atom. The van der Waals surface area contributed by atoms with E-state index in [9.17, 15) is 4.79 Å². The number of methoxy groups -OCH3 is 1. The normalized spacial score (nSPS) is 15.2. The van der Waals surface area contributed by atoms with E-state index < -0.39 is 5.41 Å². The molecule has 4 rings (SSSR count). The topological polar surface area (TPSA) is 79.0 Å². The van der Waals surface area contributed by atoms with Gasteiger partial charge in [-0.2, -0.15) is 0 Å². The van der Waals surface area contributed by atoms with Crippen molar-refractivity contribution in [2.45, 2.75) is 19.3 Å². The third-order valence-electron chi connectivity index (χ3n) is 4.46. The maximum Gasteiger partial charge on any atom is 0.234 e. The van der Waals surface area contributed by atoms with Crippen LogP contribution in [0.15, 0.2) is 36.4 Å². The van der Waals surface area contributed by atoms with Crippen LogP contribution in [0.25, 0.3) is 11.0 Å². The first-order chi connectivity index (χ1) is 11.5. The second kappa shape index (κ2) is 4.99. The lowest BCUT2D eigenvalue weighted by Crippen LogP contribution is -2.26. The predicted molar refractivity (Wildman–Crippen MR) is 94.0 cm³/mol. The van der Waals surface area contributed by atoms with Crippen molar-refractivity contribution in [3.8, 4) is 5.75 Å². The Morgan fingerprint density at radius 1 is 1.17 bits per heavy atom. The number of anilines is 3. The van der Waals surface area contributed by atoms with Crippen molar-refractivity contribution in [3.05, 3.63) is 42.0 Å². The van der Waals surface area contributed by atoms with Crippen molar-refractivity contribution >= 4 is 34.3 Å². The molecule has 2 heterocycles. The number of nitrogens with one attached hydrogen (secondary N) is 3. The fraction of sp³-hybridized carbons (Fsp3) is 0.222. The van der Waals surface area contributed by atoms with Gasteiger partial charge in [0.2, 0.25) is 11.9 Å². The number of carbonyl (C=O) groups excluding carboxylic acids is 1. The summed E-state index contributed by atoms with van der Waals surface area (Å²) in [6.07, 6.45) is 0. The van der Waals surface area contributed by atoms with E-state index in [0.29, 0.717) is 5.95 Å². The summed E-state index contributed by atoms with van der Waals surface area (Å²) in [5.74, 6) is 1.48. The van der Waals surface area contributed by atoms with E-state index in [-0.39, 0.29) is 5.91 Å². The van der Waals surface area contributed by atoms with Crippen LogP contribution >= 0.6 is 0 Å². The number of nitrogens with zero attached hydrogens (tertiary/aromatic N) is 1. The lowest BCUT2D eigenvalue weighted by Gasteiger charge is -2.14. The highest BCUT2D eigenvalue weighted by molar-refractivity contribution is 6.07. The summed E-state index contributed by atoms with van der Waals surface area (Å²) >= 11 is 0. The van der Waals surface area contributed by atoms with E-state index in [1.54, 1.807) is 7.11 Å². The minimum Gasteiger partial charge on any atom is -0.497 e. The summed E-state index contributed by atoms with van der Waals surface area (Å²) in [4.78, 5) is 19.9. The summed E-state index contributed by atoms with van der Waals surface area (Å²) < 4.78 is 5.16. The van der Waals surface area contributed by atoms with Gasteiger partial charge in [-0.3, -0.25) is 4.79 Å². The van der Waals surface area contributed by atoms with Crippen LogP contribution < -0.4 is 15.4 Å². The van der Waals surface area contributed by atoms with Gasteiger partial charge >= 0.3 is 0 Å². The second-order valence-corrected chi connectivity index (χ2v) is 6.43.